The summed E-state index contributed by atoms with van der Waals surface area (Å²) in [5.41, 5.74) is 0.994. The number of halogens is 3. The molecule has 0 heterocycles. The molecule has 0 saturated carbocycles. The minimum atomic E-state index is -4.11. The molecule has 13 heavy (non-hydrogen) atoms. The van der Waals surface area contributed by atoms with Crippen molar-refractivity contribution < 1.29 is 13.2 Å². The Morgan fingerprint density at radius 1 is 1.38 bits per heavy atom. The molecule has 0 spiro atoms. The Morgan fingerprint density at radius 2 is 2.00 bits per heavy atom. The van der Waals surface area contributed by atoms with Crippen LogP contribution in [0, 0.1) is 11.8 Å². The van der Waals surface area contributed by atoms with Crippen LogP contribution >= 0.6 is 0 Å². The van der Waals surface area contributed by atoms with Gasteiger partial charge >= 0.3 is 6.18 Å². The van der Waals surface area contributed by atoms with Gasteiger partial charge in [0.25, 0.3) is 0 Å². The first-order chi connectivity index (χ1) is 5.95. The molecule has 2 atom stereocenters. The van der Waals surface area contributed by atoms with Crippen molar-refractivity contribution in [1.82, 2.24) is 0 Å². The standard InChI is InChI=1S/C10H13F3/c1-3-8-4-5-9(7(2)6-8)10(11,12)13/h4-7,9H,3H2,1-2H3. The maximum atomic E-state index is 12.3. The summed E-state index contributed by atoms with van der Waals surface area (Å²) in [4.78, 5) is 0. The van der Waals surface area contributed by atoms with Crippen molar-refractivity contribution in [2.45, 2.75) is 26.4 Å². The third-order valence-electron chi connectivity index (χ3n) is 2.35. The van der Waals surface area contributed by atoms with Gasteiger partial charge in [-0.25, -0.2) is 0 Å². The highest BCUT2D eigenvalue weighted by atomic mass is 19.4. The highest BCUT2D eigenvalue weighted by Crippen LogP contribution is 2.37. The topological polar surface area (TPSA) is 0 Å². The van der Waals surface area contributed by atoms with Gasteiger partial charge in [0.2, 0.25) is 0 Å². The smallest absolute Gasteiger partial charge is 0.170 e. The fourth-order valence-corrected chi connectivity index (χ4v) is 1.54. The van der Waals surface area contributed by atoms with Crippen molar-refractivity contribution in [1.29, 1.82) is 0 Å². The molecule has 0 aromatic rings. The third kappa shape index (κ3) is 2.36. The molecule has 3 heteroatoms. The predicted octanol–water partition coefficient (Wildman–Crippen LogP) is 3.71. The van der Waals surface area contributed by atoms with Crippen molar-refractivity contribution >= 4 is 0 Å². The lowest BCUT2D eigenvalue weighted by molar-refractivity contribution is -0.169. The molecule has 0 radical (unpaired) electrons. The van der Waals surface area contributed by atoms with E-state index in [1.165, 1.54) is 6.08 Å². The van der Waals surface area contributed by atoms with Crippen LogP contribution in [0.4, 0.5) is 13.2 Å². The molecule has 0 amide bonds. The lowest BCUT2D eigenvalue weighted by atomic mass is 9.86. The van der Waals surface area contributed by atoms with Crippen LogP contribution in [0.5, 0.6) is 0 Å². The van der Waals surface area contributed by atoms with Crippen LogP contribution in [0.25, 0.3) is 0 Å². The van der Waals surface area contributed by atoms with E-state index in [0.717, 1.165) is 12.0 Å². The van der Waals surface area contributed by atoms with Crippen molar-refractivity contribution in [2.75, 3.05) is 0 Å². The van der Waals surface area contributed by atoms with Gasteiger partial charge in [-0.1, -0.05) is 37.6 Å². The van der Waals surface area contributed by atoms with Crippen LogP contribution < -0.4 is 0 Å². The van der Waals surface area contributed by atoms with E-state index < -0.39 is 18.0 Å². The van der Waals surface area contributed by atoms with Crippen LogP contribution in [0.1, 0.15) is 20.3 Å². The minimum absolute atomic E-state index is 0.431. The monoisotopic (exact) mass is 190 g/mol. The van der Waals surface area contributed by atoms with Gasteiger partial charge in [-0.2, -0.15) is 13.2 Å². The summed E-state index contributed by atoms with van der Waals surface area (Å²) in [6, 6.07) is 0. The van der Waals surface area contributed by atoms with Crippen molar-refractivity contribution in [2.24, 2.45) is 11.8 Å². The summed E-state index contributed by atoms with van der Waals surface area (Å²) in [7, 11) is 0. The fraction of sp³-hybridized carbons (Fsp3) is 0.600. The number of hydrogen-bond donors (Lipinski definition) is 0. The molecule has 0 N–H and O–H groups in total. The van der Waals surface area contributed by atoms with E-state index in [0.29, 0.717) is 0 Å². The molecule has 2 unspecified atom stereocenters. The number of hydrogen-bond acceptors (Lipinski definition) is 0. The van der Waals surface area contributed by atoms with Gasteiger partial charge in [-0.3, -0.25) is 0 Å². The molecule has 1 aliphatic rings. The summed E-state index contributed by atoms with van der Waals surface area (Å²) < 4.78 is 37.0. The normalized spacial score (nSPS) is 28.8. The van der Waals surface area contributed by atoms with Gasteiger partial charge in [-0.15, -0.1) is 0 Å². The molecule has 0 aromatic heterocycles. The lowest BCUT2D eigenvalue weighted by Gasteiger charge is -2.24. The Labute approximate surface area is 76.1 Å². The largest absolute Gasteiger partial charge is 0.395 e. The first-order valence-corrected chi connectivity index (χ1v) is 4.40. The van der Waals surface area contributed by atoms with Crippen molar-refractivity contribution in [3.05, 3.63) is 23.8 Å². The first kappa shape index (κ1) is 10.4. The second-order valence-corrected chi connectivity index (χ2v) is 3.38. The fourth-order valence-electron chi connectivity index (χ4n) is 1.54. The molecule has 0 bridgehead atoms. The van der Waals surface area contributed by atoms with Crippen LogP contribution in [-0.4, -0.2) is 6.18 Å². The first-order valence-electron chi connectivity index (χ1n) is 4.40. The summed E-state index contributed by atoms with van der Waals surface area (Å²) in [5, 5.41) is 0. The Morgan fingerprint density at radius 3 is 2.38 bits per heavy atom. The van der Waals surface area contributed by atoms with Crippen LogP contribution in [0.15, 0.2) is 23.8 Å². The summed E-state index contributed by atoms with van der Waals surface area (Å²) in [5.74, 6) is -1.73. The molecule has 1 aliphatic carbocycles. The van der Waals surface area contributed by atoms with Crippen molar-refractivity contribution in [3.63, 3.8) is 0 Å². The van der Waals surface area contributed by atoms with Gasteiger partial charge in [-0.05, 0) is 12.3 Å². The molecule has 1 rings (SSSR count). The molecular weight excluding hydrogens is 177 g/mol. The van der Waals surface area contributed by atoms with Crippen LogP contribution in [0.2, 0.25) is 0 Å². The number of rotatable bonds is 1. The maximum Gasteiger partial charge on any atom is 0.395 e. The maximum absolute atomic E-state index is 12.3. The van der Waals surface area contributed by atoms with E-state index in [2.05, 4.69) is 0 Å². The Balaban J connectivity index is 2.78. The molecule has 0 aromatic carbocycles. The molecule has 0 aliphatic heterocycles. The van der Waals surface area contributed by atoms with E-state index in [1.54, 1.807) is 19.1 Å². The predicted molar refractivity (Wildman–Crippen MR) is 46.2 cm³/mol. The number of alkyl halides is 3. The summed E-state index contributed by atoms with van der Waals surface area (Å²) >= 11 is 0. The quantitative estimate of drug-likeness (QED) is 0.591. The van der Waals surface area contributed by atoms with Crippen LogP contribution in [0.3, 0.4) is 0 Å². The Kier molecular flexibility index (Phi) is 2.84. The second kappa shape index (κ2) is 3.56. The molecule has 0 fully saturated rings. The molecule has 0 saturated heterocycles. The summed E-state index contributed by atoms with van der Waals surface area (Å²) in [6.45, 7) is 3.55. The van der Waals surface area contributed by atoms with E-state index in [-0.39, 0.29) is 0 Å². The molecule has 0 nitrogen and oxygen atoms in total. The second-order valence-electron chi connectivity index (χ2n) is 3.38. The van der Waals surface area contributed by atoms with Crippen molar-refractivity contribution in [3.8, 4) is 0 Å². The molecule has 74 valence electrons. The van der Waals surface area contributed by atoms with E-state index >= 15 is 0 Å². The zero-order valence-electron chi connectivity index (χ0n) is 7.73. The van der Waals surface area contributed by atoms with E-state index in [9.17, 15) is 13.2 Å². The van der Waals surface area contributed by atoms with Crippen LogP contribution in [-0.2, 0) is 0 Å². The average molecular weight is 190 g/mol. The SMILES string of the molecule is CCC1=CC(C)C(C(F)(F)F)C=C1. The minimum Gasteiger partial charge on any atom is -0.170 e. The van der Waals surface area contributed by atoms with Gasteiger partial charge in [0.1, 0.15) is 0 Å². The average Bonchev–Trinajstić information content (AvgIpc) is 2.01. The van der Waals surface area contributed by atoms with Gasteiger partial charge in [0, 0.05) is 0 Å². The van der Waals surface area contributed by atoms with Gasteiger partial charge in [0.15, 0.2) is 0 Å². The Hall–Kier alpha value is -0.730. The third-order valence-corrected chi connectivity index (χ3v) is 2.35. The van der Waals surface area contributed by atoms with Gasteiger partial charge in [0.05, 0.1) is 5.92 Å². The van der Waals surface area contributed by atoms with E-state index in [1.807, 2.05) is 6.92 Å². The number of allylic oxidation sites excluding steroid dienone is 4. The van der Waals surface area contributed by atoms with E-state index in [4.69, 9.17) is 0 Å². The highest BCUT2D eigenvalue weighted by molar-refractivity contribution is 5.25. The lowest BCUT2D eigenvalue weighted by Crippen LogP contribution is -2.27. The highest BCUT2D eigenvalue weighted by Gasteiger charge is 2.41. The molecular formula is C10H13F3. The van der Waals surface area contributed by atoms with Gasteiger partial charge < -0.3 is 0 Å². The zero-order chi connectivity index (χ0) is 10.1. The summed E-state index contributed by atoms with van der Waals surface area (Å²) in [6.07, 6.45) is 1.25. The Bertz CT molecular complexity index is 235. The zero-order valence-corrected chi connectivity index (χ0v) is 7.73.